The molecule has 0 aliphatic carbocycles. The van der Waals surface area contributed by atoms with Crippen molar-refractivity contribution >= 4 is 16.6 Å². The van der Waals surface area contributed by atoms with Gasteiger partial charge in [0.05, 0.1) is 6.54 Å². The summed E-state index contributed by atoms with van der Waals surface area (Å²) in [5.74, 6) is 2.78. The van der Waals surface area contributed by atoms with Crippen molar-refractivity contribution in [1.82, 2.24) is 19.5 Å². The van der Waals surface area contributed by atoms with E-state index in [0.29, 0.717) is 5.92 Å². The van der Waals surface area contributed by atoms with Crippen LogP contribution in [0.15, 0.2) is 73.4 Å². The van der Waals surface area contributed by atoms with Gasteiger partial charge in [-0.2, -0.15) is 0 Å². The molecule has 1 aliphatic rings. The summed E-state index contributed by atoms with van der Waals surface area (Å²) in [6, 6.07) is 14.7. The standard InChI is InChI=1S/C23H23N5/c1-2-6-21-19(5-1)7-11-25-23(21)27-13-8-20(9-14-27)22-26-12-15-28(22)17-18-4-3-10-24-16-18/h1-7,10-12,15-16,20H,8-9,13-14,17H2. The Morgan fingerprint density at radius 3 is 2.64 bits per heavy atom. The molecule has 1 aromatic carbocycles. The highest BCUT2D eigenvalue weighted by Crippen LogP contribution is 2.32. The van der Waals surface area contributed by atoms with Crippen molar-refractivity contribution in [3.63, 3.8) is 0 Å². The number of nitrogens with zero attached hydrogens (tertiary/aromatic N) is 5. The minimum Gasteiger partial charge on any atom is -0.356 e. The average molecular weight is 369 g/mol. The molecule has 0 atom stereocenters. The molecule has 0 radical (unpaired) electrons. The van der Waals surface area contributed by atoms with Crippen LogP contribution in [0.5, 0.6) is 0 Å². The molecule has 0 spiro atoms. The summed E-state index contributed by atoms with van der Waals surface area (Å²) < 4.78 is 2.27. The van der Waals surface area contributed by atoms with Crippen molar-refractivity contribution in [3.05, 3.63) is 84.8 Å². The summed E-state index contributed by atoms with van der Waals surface area (Å²) >= 11 is 0. The molecule has 140 valence electrons. The first kappa shape index (κ1) is 16.9. The minimum absolute atomic E-state index is 0.484. The highest BCUT2D eigenvalue weighted by molar-refractivity contribution is 5.92. The summed E-state index contributed by atoms with van der Waals surface area (Å²) in [6.07, 6.45) is 11.9. The lowest BCUT2D eigenvalue weighted by Gasteiger charge is -2.33. The molecule has 0 amide bonds. The fourth-order valence-corrected chi connectivity index (χ4v) is 4.21. The summed E-state index contributed by atoms with van der Waals surface area (Å²) in [6.45, 7) is 2.84. The number of benzene rings is 1. The molecule has 0 N–H and O–H groups in total. The van der Waals surface area contributed by atoms with Crippen LogP contribution < -0.4 is 4.90 Å². The van der Waals surface area contributed by atoms with Gasteiger partial charge in [0.1, 0.15) is 11.6 Å². The molecule has 0 saturated carbocycles. The van der Waals surface area contributed by atoms with Crippen molar-refractivity contribution in [1.29, 1.82) is 0 Å². The van der Waals surface area contributed by atoms with Crippen LogP contribution >= 0.6 is 0 Å². The van der Waals surface area contributed by atoms with E-state index >= 15 is 0 Å². The topological polar surface area (TPSA) is 46.8 Å². The highest BCUT2D eigenvalue weighted by atomic mass is 15.2. The first-order valence-corrected chi connectivity index (χ1v) is 9.87. The van der Waals surface area contributed by atoms with Gasteiger partial charge >= 0.3 is 0 Å². The number of aromatic nitrogens is 4. The number of pyridine rings is 2. The van der Waals surface area contributed by atoms with Gasteiger partial charge in [-0.25, -0.2) is 9.97 Å². The number of rotatable bonds is 4. The lowest BCUT2D eigenvalue weighted by molar-refractivity contribution is 0.469. The molecule has 5 rings (SSSR count). The van der Waals surface area contributed by atoms with Crippen LogP contribution in [0.25, 0.3) is 10.8 Å². The van der Waals surface area contributed by atoms with Gasteiger partial charge in [-0.1, -0.05) is 30.3 Å². The van der Waals surface area contributed by atoms with E-state index in [4.69, 9.17) is 4.98 Å². The Balaban J connectivity index is 1.32. The molecule has 28 heavy (non-hydrogen) atoms. The van der Waals surface area contributed by atoms with Crippen LogP contribution in [0.3, 0.4) is 0 Å². The normalized spacial score (nSPS) is 15.2. The third kappa shape index (κ3) is 3.24. The summed E-state index contributed by atoms with van der Waals surface area (Å²) in [7, 11) is 0. The van der Waals surface area contributed by atoms with Crippen LogP contribution in [-0.4, -0.2) is 32.6 Å². The second kappa shape index (κ2) is 7.43. The first-order valence-electron chi connectivity index (χ1n) is 9.87. The van der Waals surface area contributed by atoms with Gasteiger partial charge in [0.25, 0.3) is 0 Å². The van der Waals surface area contributed by atoms with Crippen LogP contribution in [0.4, 0.5) is 5.82 Å². The first-order chi connectivity index (χ1) is 13.9. The Kier molecular flexibility index (Phi) is 4.49. The molecule has 4 heterocycles. The Labute approximate surface area is 164 Å². The van der Waals surface area contributed by atoms with Gasteiger partial charge in [0.15, 0.2) is 0 Å². The van der Waals surface area contributed by atoms with E-state index in [-0.39, 0.29) is 0 Å². The zero-order chi connectivity index (χ0) is 18.8. The fraction of sp³-hybridized carbons (Fsp3) is 0.261. The SMILES string of the molecule is c1cncc(Cn2ccnc2C2CCN(c3nccc4ccccc34)CC2)c1. The van der Waals surface area contributed by atoms with Crippen molar-refractivity contribution in [2.24, 2.45) is 0 Å². The monoisotopic (exact) mass is 369 g/mol. The zero-order valence-corrected chi connectivity index (χ0v) is 15.8. The van der Waals surface area contributed by atoms with E-state index in [1.807, 2.05) is 30.9 Å². The van der Waals surface area contributed by atoms with Crippen molar-refractivity contribution in [2.45, 2.75) is 25.3 Å². The third-order valence-electron chi connectivity index (χ3n) is 5.64. The van der Waals surface area contributed by atoms with Crippen molar-refractivity contribution in [3.8, 4) is 0 Å². The molecule has 1 aliphatic heterocycles. The van der Waals surface area contributed by atoms with Crippen LogP contribution in [0, 0.1) is 0 Å². The largest absolute Gasteiger partial charge is 0.356 e. The minimum atomic E-state index is 0.484. The van der Waals surface area contributed by atoms with Crippen LogP contribution in [0.2, 0.25) is 0 Å². The Morgan fingerprint density at radius 1 is 0.893 bits per heavy atom. The lowest BCUT2D eigenvalue weighted by atomic mass is 9.95. The molecule has 3 aromatic heterocycles. The predicted octanol–water partition coefficient (Wildman–Crippen LogP) is 4.26. The molecule has 4 aromatic rings. The maximum absolute atomic E-state index is 4.69. The van der Waals surface area contributed by atoms with Crippen LogP contribution in [0.1, 0.15) is 30.1 Å². The number of fused-ring (bicyclic) bond motifs is 1. The Bertz CT molecular complexity index is 1060. The number of hydrogen-bond acceptors (Lipinski definition) is 4. The third-order valence-corrected chi connectivity index (χ3v) is 5.64. The van der Waals surface area contributed by atoms with E-state index in [2.05, 4.69) is 62.0 Å². The quantitative estimate of drug-likeness (QED) is 0.539. The molecule has 5 heteroatoms. The second-order valence-corrected chi connectivity index (χ2v) is 7.39. The van der Waals surface area contributed by atoms with E-state index in [9.17, 15) is 0 Å². The van der Waals surface area contributed by atoms with E-state index < -0.39 is 0 Å². The van der Waals surface area contributed by atoms with E-state index in [1.165, 1.54) is 22.2 Å². The summed E-state index contributed by atoms with van der Waals surface area (Å²) in [5, 5.41) is 2.49. The molecule has 0 bridgehead atoms. The average Bonchev–Trinajstić information content (AvgIpc) is 3.22. The van der Waals surface area contributed by atoms with Gasteiger partial charge in [0, 0.05) is 55.4 Å². The van der Waals surface area contributed by atoms with Gasteiger partial charge in [-0.15, -0.1) is 0 Å². The maximum Gasteiger partial charge on any atom is 0.136 e. The number of imidazole rings is 1. The van der Waals surface area contributed by atoms with Crippen LogP contribution in [-0.2, 0) is 6.54 Å². The molecule has 1 fully saturated rings. The predicted molar refractivity (Wildman–Crippen MR) is 111 cm³/mol. The molecular formula is C23H23N5. The Morgan fingerprint density at radius 2 is 1.79 bits per heavy atom. The Hall–Kier alpha value is -3.21. The number of piperidine rings is 1. The van der Waals surface area contributed by atoms with Gasteiger partial charge in [-0.05, 0) is 35.9 Å². The molecule has 1 saturated heterocycles. The fourth-order valence-electron chi connectivity index (χ4n) is 4.21. The summed E-state index contributed by atoms with van der Waals surface area (Å²) in [5.41, 5.74) is 1.21. The number of anilines is 1. The van der Waals surface area contributed by atoms with Gasteiger partial charge in [-0.3, -0.25) is 4.98 Å². The van der Waals surface area contributed by atoms with Crippen molar-refractivity contribution < 1.29 is 0 Å². The molecule has 5 nitrogen and oxygen atoms in total. The highest BCUT2D eigenvalue weighted by Gasteiger charge is 2.25. The zero-order valence-electron chi connectivity index (χ0n) is 15.8. The molecule has 0 unspecified atom stereocenters. The van der Waals surface area contributed by atoms with E-state index in [1.54, 1.807) is 0 Å². The molecular weight excluding hydrogens is 346 g/mol. The van der Waals surface area contributed by atoms with Gasteiger partial charge < -0.3 is 9.47 Å². The number of hydrogen-bond donors (Lipinski definition) is 0. The van der Waals surface area contributed by atoms with Gasteiger partial charge in [0.2, 0.25) is 0 Å². The lowest BCUT2D eigenvalue weighted by Crippen LogP contribution is -2.34. The van der Waals surface area contributed by atoms with Crippen molar-refractivity contribution in [2.75, 3.05) is 18.0 Å². The smallest absolute Gasteiger partial charge is 0.136 e. The maximum atomic E-state index is 4.69. The second-order valence-electron chi connectivity index (χ2n) is 7.39. The van der Waals surface area contributed by atoms with E-state index in [0.717, 1.165) is 38.3 Å². The summed E-state index contributed by atoms with van der Waals surface area (Å²) in [4.78, 5) is 16.0.